The SMILES string of the molecule is COC(=O)[C@@H](NC(=O)[C@H](CC(C)C)NC(=O)OCc1ccccc1)[C@@H](C)O. The number of nitrogens with one attached hydrogen (secondary N) is 2. The van der Waals surface area contributed by atoms with Crippen LogP contribution in [0.1, 0.15) is 32.8 Å². The van der Waals surface area contributed by atoms with Crippen LogP contribution in [0, 0.1) is 5.92 Å². The molecule has 150 valence electrons. The van der Waals surface area contributed by atoms with Crippen LogP contribution in [0.3, 0.4) is 0 Å². The molecule has 8 nitrogen and oxygen atoms in total. The first-order valence-electron chi connectivity index (χ1n) is 8.78. The largest absolute Gasteiger partial charge is 0.467 e. The summed E-state index contributed by atoms with van der Waals surface area (Å²) in [6.07, 6.45) is -1.56. The quantitative estimate of drug-likeness (QED) is 0.558. The Bertz CT molecular complexity index is 618. The number of carbonyl (C=O) groups is 3. The number of carbonyl (C=O) groups excluding carboxylic acids is 3. The molecule has 0 aromatic heterocycles. The van der Waals surface area contributed by atoms with Gasteiger partial charge in [0.25, 0.3) is 0 Å². The number of ether oxygens (including phenoxy) is 2. The third-order valence-corrected chi connectivity index (χ3v) is 3.76. The molecule has 2 amide bonds. The molecule has 1 rings (SSSR count). The first-order valence-corrected chi connectivity index (χ1v) is 8.78. The average molecular weight is 380 g/mol. The molecule has 3 N–H and O–H groups in total. The van der Waals surface area contributed by atoms with Crippen molar-refractivity contribution < 1.29 is 29.0 Å². The normalized spacial score (nSPS) is 14.0. The number of hydrogen-bond donors (Lipinski definition) is 3. The van der Waals surface area contributed by atoms with Gasteiger partial charge < -0.3 is 25.2 Å². The Kier molecular flexibility index (Phi) is 9.29. The van der Waals surface area contributed by atoms with Crippen LogP contribution in [-0.2, 0) is 25.7 Å². The summed E-state index contributed by atoms with van der Waals surface area (Å²) in [4.78, 5) is 36.3. The third kappa shape index (κ3) is 8.08. The maximum Gasteiger partial charge on any atom is 0.408 e. The molecule has 0 heterocycles. The molecule has 8 heteroatoms. The molecule has 0 unspecified atom stereocenters. The molecule has 0 saturated heterocycles. The lowest BCUT2D eigenvalue weighted by molar-refractivity contribution is -0.148. The van der Waals surface area contributed by atoms with E-state index >= 15 is 0 Å². The molecular weight excluding hydrogens is 352 g/mol. The van der Waals surface area contributed by atoms with Gasteiger partial charge in [0.15, 0.2) is 6.04 Å². The van der Waals surface area contributed by atoms with E-state index in [0.717, 1.165) is 12.7 Å². The van der Waals surface area contributed by atoms with Crippen molar-refractivity contribution in [1.82, 2.24) is 10.6 Å². The lowest BCUT2D eigenvalue weighted by Gasteiger charge is -2.24. The van der Waals surface area contributed by atoms with Crippen molar-refractivity contribution in [3.05, 3.63) is 35.9 Å². The van der Waals surface area contributed by atoms with Gasteiger partial charge in [-0.2, -0.15) is 0 Å². The van der Waals surface area contributed by atoms with Gasteiger partial charge in [0, 0.05) is 0 Å². The van der Waals surface area contributed by atoms with Gasteiger partial charge in [-0.15, -0.1) is 0 Å². The number of hydrogen-bond acceptors (Lipinski definition) is 6. The highest BCUT2D eigenvalue weighted by molar-refractivity contribution is 5.89. The Labute approximate surface area is 159 Å². The van der Waals surface area contributed by atoms with E-state index in [1.54, 1.807) is 0 Å². The van der Waals surface area contributed by atoms with E-state index in [9.17, 15) is 19.5 Å². The van der Waals surface area contributed by atoms with E-state index in [1.807, 2.05) is 44.2 Å². The molecule has 3 atom stereocenters. The highest BCUT2D eigenvalue weighted by Crippen LogP contribution is 2.08. The number of benzene rings is 1. The molecule has 0 bridgehead atoms. The van der Waals surface area contributed by atoms with E-state index in [0.29, 0.717) is 6.42 Å². The Morgan fingerprint density at radius 1 is 1.07 bits per heavy atom. The minimum atomic E-state index is -1.22. The van der Waals surface area contributed by atoms with Crippen LogP contribution in [0.15, 0.2) is 30.3 Å². The van der Waals surface area contributed by atoms with Gasteiger partial charge in [-0.3, -0.25) is 4.79 Å². The lowest BCUT2D eigenvalue weighted by atomic mass is 10.0. The van der Waals surface area contributed by atoms with Crippen LogP contribution < -0.4 is 10.6 Å². The van der Waals surface area contributed by atoms with Crippen LogP contribution in [0.25, 0.3) is 0 Å². The van der Waals surface area contributed by atoms with Crippen LogP contribution in [0.2, 0.25) is 0 Å². The lowest BCUT2D eigenvalue weighted by Crippen LogP contribution is -2.55. The third-order valence-electron chi connectivity index (χ3n) is 3.76. The fraction of sp³-hybridized carbons (Fsp3) is 0.526. The second kappa shape index (κ2) is 11.2. The Morgan fingerprint density at radius 2 is 1.70 bits per heavy atom. The smallest absolute Gasteiger partial charge is 0.408 e. The minimum Gasteiger partial charge on any atom is -0.467 e. The molecule has 0 fully saturated rings. The van der Waals surface area contributed by atoms with Crippen molar-refractivity contribution in [3.63, 3.8) is 0 Å². The van der Waals surface area contributed by atoms with Crippen molar-refractivity contribution in [2.75, 3.05) is 7.11 Å². The van der Waals surface area contributed by atoms with E-state index in [-0.39, 0.29) is 12.5 Å². The zero-order valence-electron chi connectivity index (χ0n) is 16.1. The molecular formula is C19H28N2O6. The van der Waals surface area contributed by atoms with Gasteiger partial charge in [-0.25, -0.2) is 9.59 Å². The number of aliphatic hydroxyl groups is 1. The number of amides is 2. The predicted octanol–water partition coefficient (Wildman–Crippen LogP) is 1.37. The zero-order chi connectivity index (χ0) is 20.4. The van der Waals surface area contributed by atoms with Gasteiger partial charge in [0.05, 0.1) is 13.2 Å². The summed E-state index contributed by atoms with van der Waals surface area (Å²) in [5.41, 5.74) is 0.817. The first-order chi connectivity index (χ1) is 12.7. The molecule has 0 radical (unpaired) electrons. The second-order valence-electron chi connectivity index (χ2n) is 6.64. The van der Waals surface area contributed by atoms with Crippen LogP contribution >= 0.6 is 0 Å². The van der Waals surface area contributed by atoms with E-state index in [2.05, 4.69) is 15.4 Å². The predicted molar refractivity (Wildman–Crippen MR) is 98.6 cm³/mol. The molecule has 0 saturated carbocycles. The summed E-state index contributed by atoms with van der Waals surface area (Å²) in [5, 5.41) is 14.6. The molecule has 1 aromatic carbocycles. The minimum absolute atomic E-state index is 0.0706. The fourth-order valence-electron chi connectivity index (χ4n) is 2.37. The van der Waals surface area contributed by atoms with Crippen molar-refractivity contribution in [3.8, 4) is 0 Å². The van der Waals surface area contributed by atoms with Gasteiger partial charge >= 0.3 is 12.1 Å². The topological polar surface area (TPSA) is 114 Å². The summed E-state index contributed by atoms with van der Waals surface area (Å²) in [7, 11) is 1.16. The maximum atomic E-state index is 12.5. The maximum absolute atomic E-state index is 12.5. The Hall–Kier alpha value is -2.61. The summed E-state index contributed by atoms with van der Waals surface area (Å²) in [6.45, 7) is 5.22. The number of rotatable bonds is 9. The van der Waals surface area contributed by atoms with Gasteiger partial charge in [-0.05, 0) is 24.8 Å². The van der Waals surface area contributed by atoms with Gasteiger partial charge in [0.1, 0.15) is 12.6 Å². The van der Waals surface area contributed by atoms with Crippen molar-refractivity contribution in [2.45, 2.75) is 52.0 Å². The molecule has 0 spiro atoms. The Balaban J connectivity index is 2.71. The number of esters is 1. The van der Waals surface area contributed by atoms with Crippen molar-refractivity contribution >= 4 is 18.0 Å². The van der Waals surface area contributed by atoms with Crippen LogP contribution in [-0.4, -0.2) is 48.4 Å². The zero-order valence-corrected chi connectivity index (χ0v) is 16.1. The summed E-state index contributed by atoms with van der Waals surface area (Å²) < 4.78 is 9.72. The first kappa shape index (κ1) is 22.4. The fourth-order valence-corrected chi connectivity index (χ4v) is 2.37. The summed E-state index contributed by atoms with van der Waals surface area (Å²) in [5.74, 6) is -1.27. The monoisotopic (exact) mass is 380 g/mol. The summed E-state index contributed by atoms with van der Waals surface area (Å²) >= 11 is 0. The van der Waals surface area contributed by atoms with Crippen LogP contribution in [0.5, 0.6) is 0 Å². The molecule has 0 aliphatic rings. The standard InChI is InChI=1S/C19H28N2O6/c1-12(2)10-15(17(23)21-16(13(3)22)18(24)26-4)20-19(25)27-11-14-8-6-5-7-9-14/h5-9,12-13,15-16,22H,10-11H2,1-4H3,(H,20,25)(H,21,23)/t13-,15+,16+/m1/s1. The van der Waals surface area contributed by atoms with E-state index < -0.39 is 36.2 Å². The van der Waals surface area contributed by atoms with Gasteiger partial charge in [0.2, 0.25) is 5.91 Å². The highest BCUT2D eigenvalue weighted by atomic mass is 16.5. The van der Waals surface area contributed by atoms with Crippen molar-refractivity contribution in [1.29, 1.82) is 0 Å². The second-order valence-corrected chi connectivity index (χ2v) is 6.64. The van der Waals surface area contributed by atoms with E-state index in [1.165, 1.54) is 6.92 Å². The summed E-state index contributed by atoms with van der Waals surface area (Å²) in [6, 6.07) is 7.00. The average Bonchev–Trinajstić information content (AvgIpc) is 2.63. The number of aliphatic hydroxyl groups excluding tert-OH is 1. The molecule has 1 aromatic rings. The highest BCUT2D eigenvalue weighted by Gasteiger charge is 2.30. The number of alkyl carbamates (subject to hydrolysis) is 1. The van der Waals surface area contributed by atoms with Gasteiger partial charge in [-0.1, -0.05) is 44.2 Å². The number of methoxy groups -OCH3 is 1. The van der Waals surface area contributed by atoms with Crippen molar-refractivity contribution in [2.24, 2.45) is 5.92 Å². The van der Waals surface area contributed by atoms with Crippen LogP contribution in [0.4, 0.5) is 4.79 Å². The molecule has 27 heavy (non-hydrogen) atoms. The van der Waals surface area contributed by atoms with E-state index in [4.69, 9.17) is 4.74 Å². The molecule has 0 aliphatic heterocycles. The Morgan fingerprint density at radius 3 is 2.22 bits per heavy atom. The molecule has 0 aliphatic carbocycles.